The van der Waals surface area contributed by atoms with Gasteiger partial charge in [-0.05, 0) is 51.4 Å². The minimum Gasteiger partial charge on any atom is -0.495 e. The lowest BCUT2D eigenvalue weighted by Gasteiger charge is -2.23. The maximum absolute atomic E-state index is 10.1. The number of rotatable bonds is 3. The molecule has 0 saturated heterocycles. The SMILES string of the molecule is COc1c(Br)cc(C(C)(C)C)cc1CC1(O)CC1. The van der Waals surface area contributed by atoms with Gasteiger partial charge in [-0.25, -0.2) is 0 Å². The highest BCUT2D eigenvalue weighted by molar-refractivity contribution is 9.10. The van der Waals surface area contributed by atoms with Crippen LogP contribution in [0.4, 0.5) is 0 Å². The molecule has 1 aromatic rings. The Morgan fingerprint density at radius 1 is 1.33 bits per heavy atom. The van der Waals surface area contributed by atoms with Crippen LogP contribution < -0.4 is 4.74 Å². The highest BCUT2D eigenvalue weighted by atomic mass is 79.9. The molecule has 18 heavy (non-hydrogen) atoms. The van der Waals surface area contributed by atoms with Crippen molar-refractivity contribution in [2.45, 2.75) is 51.0 Å². The van der Waals surface area contributed by atoms with Crippen LogP contribution in [-0.2, 0) is 11.8 Å². The second kappa shape index (κ2) is 4.53. The number of hydrogen-bond donors (Lipinski definition) is 1. The quantitative estimate of drug-likeness (QED) is 0.919. The molecule has 0 aliphatic heterocycles. The van der Waals surface area contributed by atoms with Crippen LogP contribution in [0.2, 0.25) is 0 Å². The van der Waals surface area contributed by atoms with Crippen molar-refractivity contribution in [3.05, 3.63) is 27.7 Å². The van der Waals surface area contributed by atoms with Crippen LogP contribution in [0.3, 0.4) is 0 Å². The summed E-state index contributed by atoms with van der Waals surface area (Å²) in [5.41, 5.74) is 1.95. The summed E-state index contributed by atoms with van der Waals surface area (Å²) >= 11 is 3.57. The van der Waals surface area contributed by atoms with Gasteiger partial charge in [-0.1, -0.05) is 26.8 Å². The summed E-state index contributed by atoms with van der Waals surface area (Å²) in [5.74, 6) is 0.850. The van der Waals surface area contributed by atoms with Gasteiger partial charge in [-0.2, -0.15) is 0 Å². The molecule has 1 saturated carbocycles. The first-order valence-corrected chi connectivity index (χ1v) is 7.14. The Morgan fingerprint density at radius 2 is 1.94 bits per heavy atom. The molecule has 0 heterocycles. The molecule has 1 N–H and O–H groups in total. The monoisotopic (exact) mass is 312 g/mol. The summed E-state index contributed by atoms with van der Waals surface area (Å²) in [4.78, 5) is 0. The first-order chi connectivity index (χ1) is 8.25. The lowest BCUT2D eigenvalue weighted by atomic mass is 9.85. The topological polar surface area (TPSA) is 29.5 Å². The molecule has 0 aromatic heterocycles. The van der Waals surface area contributed by atoms with Crippen LogP contribution in [0, 0.1) is 0 Å². The van der Waals surface area contributed by atoms with Crippen LogP contribution >= 0.6 is 15.9 Å². The molecule has 0 amide bonds. The number of aliphatic hydroxyl groups is 1. The minimum absolute atomic E-state index is 0.0930. The fourth-order valence-electron chi connectivity index (χ4n) is 2.12. The zero-order valence-corrected chi connectivity index (χ0v) is 13.1. The van der Waals surface area contributed by atoms with Gasteiger partial charge in [0.15, 0.2) is 0 Å². The average molecular weight is 313 g/mol. The predicted molar refractivity (Wildman–Crippen MR) is 77.3 cm³/mol. The van der Waals surface area contributed by atoms with Crippen LogP contribution in [0.15, 0.2) is 16.6 Å². The Hall–Kier alpha value is -0.540. The maximum atomic E-state index is 10.1. The molecule has 0 unspecified atom stereocenters. The molecular weight excluding hydrogens is 292 g/mol. The zero-order valence-electron chi connectivity index (χ0n) is 11.5. The summed E-state index contributed by atoms with van der Waals surface area (Å²) < 4.78 is 6.43. The Labute approximate surface area is 117 Å². The van der Waals surface area contributed by atoms with E-state index in [0.29, 0.717) is 6.42 Å². The summed E-state index contributed by atoms with van der Waals surface area (Å²) in [6.45, 7) is 6.57. The standard InChI is InChI=1S/C15H21BrO2/c1-14(2,3)11-7-10(9-15(17)5-6-15)13(18-4)12(16)8-11/h7-8,17H,5-6,9H2,1-4H3. The van der Waals surface area contributed by atoms with Gasteiger partial charge in [0.05, 0.1) is 17.2 Å². The third-order valence-corrected chi connectivity index (χ3v) is 4.13. The third kappa shape index (κ3) is 2.89. The molecule has 1 fully saturated rings. The van der Waals surface area contributed by atoms with Gasteiger partial charge in [-0.3, -0.25) is 0 Å². The van der Waals surface area contributed by atoms with Crippen molar-refractivity contribution in [1.29, 1.82) is 0 Å². The molecule has 100 valence electrons. The minimum atomic E-state index is -0.497. The van der Waals surface area contributed by atoms with Gasteiger partial charge in [0.25, 0.3) is 0 Å². The average Bonchev–Trinajstić information content (AvgIpc) is 2.94. The molecule has 1 aliphatic carbocycles. The smallest absolute Gasteiger partial charge is 0.136 e. The lowest BCUT2D eigenvalue weighted by Crippen LogP contribution is -2.15. The summed E-state index contributed by atoms with van der Waals surface area (Å²) in [6.07, 6.45) is 2.47. The van der Waals surface area contributed by atoms with Crippen LogP contribution in [-0.4, -0.2) is 17.8 Å². The number of hydrogen-bond acceptors (Lipinski definition) is 2. The Morgan fingerprint density at radius 3 is 2.39 bits per heavy atom. The lowest BCUT2D eigenvalue weighted by molar-refractivity contribution is 0.150. The van der Waals surface area contributed by atoms with E-state index in [1.165, 1.54) is 5.56 Å². The fraction of sp³-hybridized carbons (Fsp3) is 0.600. The van der Waals surface area contributed by atoms with Gasteiger partial charge in [0.1, 0.15) is 5.75 Å². The number of methoxy groups -OCH3 is 1. The van der Waals surface area contributed by atoms with Crippen molar-refractivity contribution in [3.63, 3.8) is 0 Å². The van der Waals surface area contributed by atoms with Crippen molar-refractivity contribution >= 4 is 15.9 Å². The summed E-state index contributed by atoms with van der Waals surface area (Å²) in [6, 6.07) is 4.28. The van der Waals surface area contributed by atoms with Gasteiger partial charge >= 0.3 is 0 Å². The first kappa shape index (κ1) is 13.9. The molecule has 0 atom stereocenters. The van der Waals surface area contributed by atoms with Crippen molar-refractivity contribution in [2.75, 3.05) is 7.11 Å². The molecule has 0 radical (unpaired) electrons. The molecule has 2 rings (SSSR count). The second-order valence-corrected chi connectivity index (χ2v) is 7.16. The van der Waals surface area contributed by atoms with Gasteiger partial charge in [0.2, 0.25) is 0 Å². The Bertz CT molecular complexity index is 456. The molecule has 0 bridgehead atoms. The third-order valence-electron chi connectivity index (χ3n) is 3.54. The Kier molecular flexibility index (Phi) is 3.50. The zero-order chi connectivity index (χ0) is 13.6. The van der Waals surface area contributed by atoms with E-state index in [1.807, 2.05) is 0 Å². The van der Waals surface area contributed by atoms with E-state index >= 15 is 0 Å². The van der Waals surface area contributed by atoms with Crippen molar-refractivity contribution in [3.8, 4) is 5.75 Å². The van der Waals surface area contributed by atoms with Crippen molar-refractivity contribution < 1.29 is 9.84 Å². The molecule has 1 aliphatic rings. The molecule has 2 nitrogen and oxygen atoms in total. The van der Waals surface area contributed by atoms with Gasteiger partial charge in [0, 0.05) is 6.42 Å². The number of benzene rings is 1. The fourth-order valence-corrected chi connectivity index (χ4v) is 2.78. The van der Waals surface area contributed by atoms with E-state index in [0.717, 1.165) is 28.6 Å². The molecule has 1 aromatic carbocycles. The van der Waals surface area contributed by atoms with Crippen LogP contribution in [0.25, 0.3) is 0 Å². The first-order valence-electron chi connectivity index (χ1n) is 6.34. The van der Waals surface area contributed by atoms with Crippen LogP contribution in [0.1, 0.15) is 44.7 Å². The molecule has 0 spiro atoms. The van der Waals surface area contributed by atoms with E-state index in [4.69, 9.17) is 4.74 Å². The number of halogens is 1. The van der Waals surface area contributed by atoms with E-state index < -0.39 is 5.60 Å². The van der Waals surface area contributed by atoms with Crippen LogP contribution in [0.5, 0.6) is 5.75 Å². The highest BCUT2D eigenvalue weighted by Crippen LogP contribution is 2.43. The molecule has 3 heteroatoms. The normalized spacial score (nSPS) is 17.7. The Balaban J connectivity index is 2.43. The van der Waals surface area contributed by atoms with E-state index in [2.05, 4.69) is 48.8 Å². The summed E-state index contributed by atoms with van der Waals surface area (Å²) in [7, 11) is 1.68. The van der Waals surface area contributed by atoms with Gasteiger partial charge in [-0.15, -0.1) is 0 Å². The van der Waals surface area contributed by atoms with E-state index in [1.54, 1.807) is 7.11 Å². The second-order valence-electron chi connectivity index (χ2n) is 6.30. The number of ether oxygens (including phenoxy) is 1. The maximum Gasteiger partial charge on any atom is 0.136 e. The summed E-state index contributed by atoms with van der Waals surface area (Å²) in [5, 5.41) is 10.1. The largest absolute Gasteiger partial charge is 0.495 e. The highest BCUT2D eigenvalue weighted by Gasteiger charge is 2.41. The van der Waals surface area contributed by atoms with E-state index in [-0.39, 0.29) is 5.41 Å². The van der Waals surface area contributed by atoms with Gasteiger partial charge < -0.3 is 9.84 Å². The van der Waals surface area contributed by atoms with E-state index in [9.17, 15) is 5.11 Å². The predicted octanol–water partition coefficient (Wildman–Crippen LogP) is 3.82. The molecular formula is C15H21BrO2. The van der Waals surface area contributed by atoms with Crippen molar-refractivity contribution in [1.82, 2.24) is 0 Å². The van der Waals surface area contributed by atoms with Crippen molar-refractivity contribution in [2.24, 2.45) is 0 Å².